The predicted octanol–water partition coefficient (Wildman–Crippen LogP) is 3.01. The third-order valence-corrected chi connectivity index (χ3v) is 3.10. The van der Waals surface area contributed by atoms with Crippen LogP contribution in [0, 0.1) is 0 Å². The van der Waals surface area contributed by atoms with E-state index in [4.69, 9.17) is 16.3 Å². The molecule has 1 aromatic carbocycles. The van der Waals surface area contributed by atoms with Gasteiger partial charge in [0, 0.05) is 17.9 Å². The SMILES string of the molecule is O=C1CCC(OC(=O)c2ccc(Cl)cc2)CC1. The molecule has 0 atom stereocenters. The van der Waals surface area contributed by atoms with Crippen LogP contribution < -0.4 is 0 Å². The number of benzene rings is 1. The van der Waals surface area contributed by atoms with Gasteiger partial charge in [-0.1, -0.05) is 11.6 Å². The van der Waals surface area contributed by atoms with Gasteiger partial charge < -0.3 is 4.74 Å². The Labute approximate surface area is 105 Å². The molecule has 3 nitrogen and oxygen atoms in total. The summed E-state index contributed by atoms with van der Waals surface area (Å²) < 4.78 is 5.33. The summed E-state index contributed by atoms with van der Waals surface area (Å²) in [5, 5.41) is 0.588. The van der Waals surface area contributed by atoms with Crippen molar-refractivity contribution >= 4 is 23.4 Å². The molecule has 1 saturated carbocycles. The van der Waals surface area contributed by atoms with Gasteiger partial charge in [0.15, 0.2) is 0 Å². The lowest BCUT2D eigenvalue weighted by Gasteiger charge is -2.21. The van der Waals surface area contributed by atoms with Crippen molar-refractivity contribution in [2.75, 3.05) is 0 Å². The summed E-state index contributed by atoms with van der Waals surface area (Å²) in [6.07, 6.45) is 2.17. The lowest BCUT2D eigenvalue weighted by molar-refractivity contribution is -0.122. The normalized spacial score (nSPS) is 16.9. The first-order valence-electron chi connectivity index (χ1n) is 5.63. The van der Waals surface area contributed by atoms with E-state index in [1.807, 2.05) is 0 Å². The second-order valence-electron chi connectivity index (χ2n) is 4.15. The molecule has 0 aromatic heterocycles. The van der Waals surface area contributed by atoms with Gasteiger partial charge in [-0.15, -0.1) is 0 Å². The molecule has 0 aliphatic heterocycles. The van der Waals surface area contributed by atoms with Gasteiger partial charge in [-0.2, -0.15) is 0 Å². The number of ketones is 1. The Kier molecular flexibility index (Phi) is 3.79. The Morgan fingerprint density at radius 1 is 1.18 bits per heavy atom. The molecule has 0 saturated heterocycles. The fourth-order valence-electron chi connectivity index (χ4n) is 1.84. The predicted molar refractivity (Wildman–Crippen MR) is 64.1 cm³/mol. The Balaban J connectivity index is 1.93. The van der Waals surface area contributed by atoms with Crippen LogP contribution >= 0.6 is 11.6 Å². The number of carbonyl (C=O) groups excluding carboxylic acids is 2. The Morgan fingerprint density at radius 2 is 1.76 bits per heavy atom. The second kappa shape index (κ2) is 5.32. The van der Waals surface area contributed by atoms with Gasteiger partial charge in [0.25, 0.3) is 0 Å². The van der Waals surface area contributed by atoms with Crippen molar-refractivity contribution in [1.82, 2.24) is 0 Å². The topological polar surface area (TPSA) is 43.4 Å². The quantitative estimate of drug-likeness (QED) is 0.760. The van der Waals surface area contributed by atoms with E-state index in [2.05, 4.69) is 0 Å². The molecule has 17 heavy (non-hydrogen) atoms. The number of hydrogen-bond acceptors (Lipinski definition) is 3. The fraction of sp³-hybridized carbons (Fsp3) is 0.385. The van der Waals surface area contributed by atoms with Crippen LogP contribution in [0.2, 0.25) is 5.02 Å². The van der Waals surface area contributed by atoms with Gasteiger partial charge in [-0.25, -0.2) is 4.79 Å². The van der Waals surface area contributed by atoms with E-state index < -0.39 is 0 Å². The largest absolute Gasteiger partial charge is 0.459 e. The molecule has 1 aromatic rings. The highest BCUT2D eigenvalue weighted by atomic mass is 35.5. The monoisotopic (exact) mass is 252 g/mol. The minimum Gasteiger partial charge on any atom is -0.459 e. The number of Topliss-reactive ketones (excluding diaryl/α,β-unsaturated/α-hetero) is 1. The van der Waals surface area contributed by atoms with Gasteiger partial charge in [0.1, 0.15) is 11.9 Å². The average Bonchev–Trinajstić information content (AvgIpc) is 2.33. The van der Waals surface area contributed by atoms with Gasteiger partial charge in [0.2, 0.25) is 0 Å². The smallest absolute Gasteiger partial charge is 0.338 e. The van der Waals surface area contributed by atoms with Gasteiger partial charge in [-0.05, 0) is 37.1 Å². The summed E-state index contributed by atoms with van der Waals surface area (Å²) >= 11 is 5.73. The highest BCUT2D eigenvalue weighted by Crippen LogP contribution is 2.19. The lowest BCUT2D eigenvalue weighted by atomic mass is 9.96. The van der Waals surface area contributed by atoms with Crippen LogP contribution in [0.3, 0.4) is 0 Å². The van der Waals surface area contributed by atoms with E-state index in [0.717, 1.165) is 0 Å². The molecule has 0 bridgehead atoms. The Morgan fingerprint density at radius 3 is 2.35 bits per heavy atom. The van der Waals surface area contributed by atoms with Crippen LogP contribution in [0.5, 0.6) is 0 Å². The number of halogens is 1. The summed E-state index contributed by atoms with van der Waals surface area (Å²) in [6, 6.07) is 6.59. The molecule has 0 heterocycles. The van der Waals surface area contributed by atoms with Gasteiger partial charge in [-0.3, -0.25) is 4.79 Å². The highest BCUT2D eigenvalue weighted by Gasteiger charge is 2.22. The number of carbonyl (C=O) groups is 2. The molecule has 90 valence electrons. The maximum absolute atomic E-state index is 11.8. The van der Waals surface area contributed by atoms with Crippen molar-refractivity contribution in [3.63, 3.8) is 0 Å². The van der Waals surface area contributed by atoms with Crippen molar-refractivity contribution in [3.8, 4) is 0 Å². The molecule has 1 fully saturated rings. The van der Waals surface area contributed by atoms with Crippen molar-refractivity contribution in [2.45, 2.75) is 31.8 Å². The summed E-state index contributed by atoms with van der Waals surface area (Å²) in [4.78, 5) is 22.8. The maximum atomic E-state index is 11.8. The molecule has 2 rings (SSSR count). The number of hydrogen-bond donors (Lipinski definition) is 0. The van der Waals surface area contributed by atoms with Crippen molar-refractivity contribution in [1.29, 1.82) is 0 Å². The van der Waals surface area contributed by atoms with Crippen LogP contribution in [0.4, 0.5) is 0 Å². The van der Waals surface area contributed by atoms with E-state index in [1.54, 1.807) is 24.3 Å². The van der Waals surface area contributed by atoms with E-state index in [-0.39, 0.29) is 17.9 Å². The first kappa shape index (κ1) is 12.1. The highest BCUT2D eigenvalue weighted by molar-refractivity contribution is 6.30. The van der Waals surface area contributed by atoms with Crippen molar-refractivity contribution < 1.29 is 14.3 Å². The van der Waals surface area contributed by atoms with E-state index in [0.29, 0.717) is 36.3 Å². The van der Waals surface area contributed by atoms with Crippen LogP contribution in [0.25, 0.3) is 0 Å². The zero-order chi connectivity index (χ0) is 12.3. The van der Waals surface area contributed by atoms with Crippen LogP contribution in [0.1, 0.15) is 36.0 Å². The van der Waals surface area contributed by atoms with Gasteiger partial charge in [0.05, 0.1) is 5.56 Å². The second-order valence-corrected chi connectivity index (χ2v) is 4.59. The number of rotatable bonds is 2. The standard InChI is InChI=1S/C13H13ClO3/c14-10-3-1-9(2-4-10)13(16)17-12-7-5-11(15)6-8-12/h1-4,12H,5-8H2. The molecule has 0 unspecified atom stereocenters. The molecular weight excluding hydrogens is 240 g/mol. The Bertz CT molecular complexity index is 415. The third kappa shape index (κ3) is 3.30. The molecule has 0 radical (unpaired) electrons. The molecule has 4 heteroatoms. The molecular formula is C13H13ClO3. The Hall–Kier alpha value is -1.35. The fourth-order valence-corrected chi connectivity index (χ4v) is 1.96. The summed E-state index contributed by atoms with van der Waals surface area (Å²) in [5.74, 6) is -0.0928. The van der Waals surface area contributed by atoms with Crippen LogP contribution in [-0.4, -0.2) is 17.9 Å². The van der Waals surface area contributed by atoms with Crippen molar-refractivity contribution in [2.24, 2.45) is 0 Å². The summed E-state index contributed by atoms with van der Waals surface area (Å²) in [6.45, 7) is 0. The first-order chi connectivity index (χ1) is 8.15. The molecule has 1 aliphatic rings. The minimum atomic E-state index is -0.346. The van der Waals surface area contributed by atoms with Crippen LogP contribution in [-0.2, 0) is 9.53 Å². The molecule has 0 spiro atoms. The zero-order valence-electron chi connectivity index (χ0n) is 9.32. The zero-order valence-corrected chi connectivity index (χ0v) is 10.1. The summed E-state index contributed by atoms with van der Waals surface area (Å²) in [7, 11) is 0. The van der Waals surface area contributed by atoms with Crippen molar-refractivity contribution in [3.05, 3.63) is 34.9 Å². The number of ether oxygens (including phenoxy) is 1. The average molecular weight is 253 g/mol. The summed E-state index contributed by atoms with van der Waals surface area (Å²) in [5.41, 5.74) is 0.492. The van der Waals surface area contributed by atoms with Gasteiger partial charge >= 0.3 is 5.97 Å². The van der Waals surface area contributed by atoms with E-state index >= 15 is 0 Å². The lowest BCUT2D eigenvalue weighted by Crippen LogP contribution is -2.24. The van der Waals surface area contributed by atoms with E-state index in [9.17, 15) is 9.59 Å². The number of esters is 1. The molecule has 0 N–H and O–H groups in total. The van der Waals surface area contributed by atoms with E-state index in [1.165, 1.54) is 0 Å². The first-order valence-corrected chi connectivity index (χ1v) is 6.01. The minimum absolute atomic E-state index is 0.129. The molecule has 0 amide bonds. The third-order valence-electron chi connectivity index (χ3n) is 2.84. The molecule has 1 aliphatic carbocycles. The van der Waals surface area contributed by atoms with Crippen LogP contribution in [0.15, 0.2) is 24.3 Å². The maximum Gasteiger partial charge on any atom is 0.338 e.